The van der Waals surface area contributed by atoms with E-state index in [4.69, 9.17) is 11.6 Å². The van der Waals surface area contributed by atoms with Gasteiger partial charge in [-0.1, -0.05) is 29.8 Å². The lowest BCUT2D eigenvalue weighted by Crippen LogP contribution is -2.41. The zero-order chi connectivity index (χ0) is 24.7. The van der Waals surface area contributed by atoms with Gasteiger partial charge in [-0.3, -0.25) is 9.59 Å². The monoisotopic (exact) mass is 528 g/mol. The van der Waals surface area contributed by atoms with Gasteiger partial charge in [-0.2, -0.15) is 4.72 Å². The van der Waals surface area contributed by atoms with Crippen LogP contribution in [0.4, 0.5) is 10.1 Å². The highest BCUT2D eigenvalue weighted by Gasteiger charge is 2.36. The molecule has 0 spiro atoms. The number of fused-ring (bicyclic) bond motifs is 1. The summed E-state index contributed by atoms with van der Waals surface area (Å²) in [6.45, 7) is 0.164. The highest BCUT2D eigenvalue weighted by molar-refractivity contribution is 7.89. The molecule has 0 saturated carbocycles. The van der Waals surface area contributed by atoms with Crippen LogP contribution < -0.4 is 9.62 Å². The van der Waals surface area contributed by atoms with Crippen molar-refractivity contribution in [2.24, 2.45) is 0 Å². The van der Waals surface area contributed by atoms with Gasteiger partial charge in [0.25, 0.3) is 0 Å². The number of thiophene rings is 1. The molecule has 1 N–H and O–H groups in total. The van der Waals surface area contributed by atoms with Crippen molar-refractivity contribution < 1.29 is 22.4 Å². The lowest BCUT2D eigenvalue weighted by atomic mass is 10.1. The molecule has 5 rings (SSSR count). The van der Waals surface area contributed by atoms with Crippen molar-refractivity contribution in [3.63, 3.8) is 0 Å². The minimum Gasteiger partial charge on any atom is -0.308 e. The third kappa shape index (κ3) is 4.48. The molecule has 2 heterocycles. The molecule has 0 bridgehead atoms. The number of nitrogens with one attached hydrogen (secondary N) is 1. The maximum Gasteiger partial charge on any atom is 0.245 e. The third-order valence-corrected chi connectivity index (χ3v) is 8.59. The van der Waals surface area contributed by atoms with E-state index in [-0.39, 0.29) is 23.5 Å². The summed E-state index contributed by atoms with van der Waals surface area (Å²) in [4.78, 5) is 26.1. The second-order valence-corrected chi connectivity index (χ2v) is 11.2. The molecule has 1 atom stereocenters. The zero-order valence-electron chi connectivity index (χ0n) is 18.1. The van der Waals surface area contributed by atoms with Gasteiger partial charge in [0, 0.05) is 22.0 Å². The largest absolute Gasteiger partial charge is 0.308 e. The number of sulfonamides is 1. The number of hydrogen-bond donors (Lipinski definition) is 1. The van der Waals surface area contributed by atoms with Gasteiger partial charge in [0.1, 0.15) is 11.9 Å². The Morgan fingerprint density at radius 2 is 1.83 bits per heavy atom. The van der Waals surface area contributed by atoms with Gasteiger partial charge in [0.05, 0.1) is 10.6 Å². The van der Waals surface area contributed by atoms with E-state index in [1.165, 1.54) is 40.5 Å². The van der Waals surface area contributed by atoms with E-state index >= 15 is 0 Å². The summed E-state index contributed by atoms with van der Waals surface area (Å²) < 4.78 is 43.4. The van der Waals surface area contributed by atoms with E-state index in [0.29, 0.717) is 32.7 Å². The number of amides is 1. The van der Waals surface area contributed by atoms with Crippen LogP contribution in [0.2, 0.25) is 5.02 Å². The predicted octanol–water partition coefficient (Wildman–Crippen LogP) is 5.26. The standard InChI is InChI=1S/C25H18ClFN2O4S2/c26-19-4-1-16-12-20(5-2-15(16)11-19)35(32,33)28-22-7-9-29(25(22)31)23-6-3-17(13-21(23)27)24-18(14-30)8-10-34-24/h1-6,8,10-14,22,28H,7,9H2/t22-/m0/s1. The van der Waals surface area contributed by atoms with Crippen molar-refractivity contribution in [2.75, 3.05) is 11.4 Å². The van der Waals surface area contributed by atoms with Crippen LogP contribution >= 0.6 is 22.9 Å². The molecule has 1 aliphatic rings. The Balaban J connectivity index is 1.36. The Morgan fingerprint density at radius 3 is 2.60 bits per heavy atom. The minimum absolute atomic E-state index is 0.0241. The molecular formula is C25H18ClFN2O4S2. The summed E-state index contributed by atoms with van der Waals surface area (Å²) in [5.41, 5.74) is 1.06. The van der Waals surface area contributed by atoms with Gasteiger partial charge in [0.2, 0.25) is 15.9 Å². The first kappa shape index (κ1) is 23.6. The molecule has 10 heteroatoms. The summed E-state index contributed by atoms with van der Waals surface area (Å²) in [6.07, 6.45) is 0.908. The number of hydrogen-bond acceptors (Lipinski definition) is 5. The van der Waals surface area contributed by atoms with Crippen LogP contribution in [0.1, 0.15) is 16.8 Å². The molecule has 0 aliphatic carbocycles. The first-order chi connectivity index (χ1) is 16.8. The lowest BCUT2D eigenvalue weighted by Gasteiger charge is -2.18. The van der Waals surface area contributed by atoms with Crippen molar-refractivity contribution in [1.82, 2.24) is 4.72 Å². The van der Waals surface area contributed by atoms with Crippen LogP contribution in [-0.2, 0) is 14.8 Å². The topological polar surface area (TPSA) is 83.6 Å². The highest BCUT2D eigenvalue weighted by Crippen LogP contribution is 2.33. The van der Waals surface area contributed by atoms with Gasteiger partial charge in [0.15, 0.2) is 6.29 Å². The van der Waals surface area contributed by atoms with E-state index in [1.807, 2.05) is 0 Å². The maximum absolute atomic E-state index is 15.0. The lowest BCUT2D eigenvalue weighted by molar-refractivity contribution is -0.118. The minimum atomic E-state index is -3.99. The van der Waals surface area contributed by atoms with Crippen LogP contribution in [0.5, 0.6) is 0 Å². The predicted molar refractivity (Wildman–Crippen MR) is 135 cm³/mol. The van der Waals surface area contributed by atoms with Crippen LogP contribution in [-0.4, -0.2) is 33.2 Å². The zero-order valence-corrected chi connectivity index (χ0v) is 20.5. The Morgan fingerprint density at radius 1 is 1.06 bits per heavy atom. The average Bonchev–Trinajstić information content (AvgIpc) is 3.45. The molecule has 1 aromatic heterocycles. The van der Waals surface area contributed by atoms with Crippen molar-refractivity contribution >= 4 is 61.6 Å². The third-order valence-electron chi connectivity index (χ3n) is 5.91. The number of benzene rings is 3. The number of nitrogens with zero attached hydrogens (tertiary/aromatic N) is 1. The smallest absolute Gasteiger partial charge is 0.245 e. The van der Waals surface area contributed by atoms with Crippen LogP contribution in [0, 0.1) is 5.82 Å². The SMILES string of the molecule is O=Cc1ccsc1-c1ccc(N2CC[C@H](NS(=O)(=O)c3ccc4cc(Cl)ccc4c3)C2=O)c(F)c1. The molecule has 1 fully saturated rings. The van der Waals surface area contributed by atoms with Gasteiger partial charge >= 0.3 is 0 Å². The van der Waals surface area contributed by atoms with Crippen LogP contribution in [0.25, 0.3) is 21.2 Å². The van der Waals surface area contributed by atoms with E-state index in [1.54, 1.807) is 41.8 Å². The molecule has 3 aromatic carbocycles. The molecule has 35 heavy (non-hydrogen) atoms. The van der Waals surface area contributed by atoms with Gasteiger partial charge < -0.3 is 4.90 Å². The molecule has 4 aromatic rings. The normalized spacial score (nSPS) is 16.2. The van der Waals surface area contributed by atoms with E-state index in [9.17, 15) is 22.4 Å². The number of halogens is 2. The van der Waals surface area contributed by atoms with Crippen molar-refractivity contribution in [3.05, 3.63) is 82.4 Å². The average molecular weight is 529 g/mol. The number of carbonyl (C=O) groups is 2. The Hall–Kier alpha value is -3.11. The fourth-order valence-corrected chi connectivity index (χ4v) is 6.46. The first-order valence-electron chi connectivity index (χ1n) is 10.6. The number of carbonyl (C=O) groups excluding carboxylic acids is 2. The molecule has 0 radical (unpaired) electrons. The molecule has 6 nitrogen and oxygen atoms in total. The number of anilines is 1. The molecular weight excluding hydrogens is 511 g/mol. The Labute approximate surface area is 210 Å². The van der Waals surface area contributed by atoms with Gasteiger partial charge in [-0.15, -0.1) is 11.3 Å². The van der Waals surface area contributed by atoms with Gasteiger partial charge in [-0.05, 0) is 70.6 Å². The fraction of sp³-hybridized carbons (Fsp3) is 0.120. The van der Waals surface area contributed by atoms with Gasteiger partial charge in [-0.25, -0.2) is 12.8 Å². The Kier molecular flexibility index (Phi) is 6.18. The second-order valence-electron chi connectivity index (χ2n) is 8.09. The molecule has 178 valence electrons. The summed E-state index contributed by atoms with van der Waals surface area (Å²) in [5, 5.41) is 3.78. The fourth-order valence-electron chi connectivity index (χ4n) is 4.16. The number of aldehydes is 1. The van der Waals surface area contributed by atoms with Crippen LogP contribution in [0.15, 0.2) is 70.9 Å². The summed E-state index contributed by atoms with van der Waals surface area (Å²) in [6, 6.07) is 14.8. The van der Waals surface area contributed by atoms with E-state index in [2.05, 4.69) is 4.72 Å². The quantitative estimate of drug-likeness (QED) is 0.346. The summed E-state index contributed by atoms with van der Waals surface area (Å²) in [5.74, 6) is -1.16. The summed E-state index contributed by atoms with van der Waals surface area (Å²) in [7, 11) is -3.99. The van der Waals surface area contributed by atoms with Crippen LogP contribution in [0.3, 0.4) is 0 Å². The van der Waals surface area contributed by atoms with Crippen molar-refractivity contribution in [3.8, 4) is 10.4 Å². The maximum atomic E-state index is 15.0. The van der Waals surface area contributed by atoms with E-state index < -0.39 is 27.8 Å². The second kappa shape index (κ2) is 9.16. The first-order valence-corrected chi connectivity index (χ1v) is 13.4. The molecule has 1 aliphatic heterocycles. The van der Waals surface area contributed by atoms with Crippen molar-refractivity contribution in [1.29, 1.82) is 0 Å². The van der Waals surface area contributed by atoms with Crippen molar-refractivity contribution in [2.45, 2.75) is 17.4 Å². The highest BCUT2D eigenvalue weighted by atomic mass is 35.5. The molecule has 1 amide bonds. The molecule has 1 saturated heterocycles. The Bertz CT molecular complexity index is 1590. The molecule has 0 unspecified atom stereocenters. The van der Waals surface area contributed by atoms with E-state index in [0.717, 1.165) is 5.39 Å². The number of rotatable bonds is 6. The summed E-state index contributed by atoms with van der Waals surface area (Å²) >= 11 is 7.31.